The molecule has 2 atom stereocenters. The van der Waals surface area contributed by atoms with Crippen LogP contribution in [0.15, 0.2) is 60.8 Å². The second kappa shape index (κ2) is 54.4. The van der Waals surface area contributed by atoms with Crippen LogP contribution in [-0.4, -0.2) is 34.9 Å². The number of hydrogen-bond donors (Lipinski definition) is 3. The Hall–Kier alpha value is -1.91. The molecule has 0 radical (unpaired) electrons. The van der Waals surface area contributed by atoms with E-state index in [1.54, 1.807) is 6.08 Å². The minimum atomic E-state index is -0.862. The molecule has 0 aliphatic rings. The maximum Gasteiger partial charge on any atom is 0.220 e. The molecule has 0 bridgehead atoms. The summed E-state index contributed by atoms with van der Waals surface area (Å²) in [5.74, 6) is -0.0712. The summed E-state index contributed by atoms with van der Waals surface area (Å²) >= 11 is 0. The van der Waals surface area contributed by atoms with Gasteiger partial charge in [0.1, 0.15) is 0 Å². The van der Waals surface area contributed by atoms with Gasteiger partial charge in [0.2, 0.25) is 5.91 Å². The van der Waals surface area contributed by atoms with Crippen LogP contribution < -0.4 is 5.32 Å². The Balaban J connectivity index is 3.47. The van der Waals surface area contributed by atoms with E-state index in [0.29, 0.717) is 6.42 Å². The first-order valence-electron chi connectivity index (χ1n) is 28.0. The van der Waals surface area contributed by atoms with Crippen molar-refractivity contribution in [2.75, 3.05) is 6.61 Å². The molecule has 0 fully saturated rings. The van der Waals surface area contributed by atoms with Gasteiger partial charge in [-0.2, -0.15) is 0 Å². The molecule has 2 unspecified atom stereocenters. The molecule has 0 saturated carbocycles. The van der Waals surface area contributed by atoms with Crippen LogP contribution in [0.2, 0.25) is 0 Å². The molecule has 4 heteroatoms. The van der Waals surface area contributed by atoms with Crippen molar-refractivity contribution < 1.29 is 15.0 Å². The zero-order chi connectivity index (χ0) is 45.6. The summed E-state index contributed by atoms with van der Waals surface area (Å²) in [6, 6.07) is -0.639. The van der Waals surface area contributed by atoms with Crippen LogP contribution in [0.25, 0.3) is 0 Å². The van der Waals surface area contributed by atoms with Gasteiger partial charge in [0.25, 0.3) is 0 Å². The van der Waals surface area contributed by atoms with Gasteiger partial charge in [0, 0.05) is 6.42 Å². The van der Waals surface area contributed by atoms with Crippen LogP contribution in [0.4, 0.5) is 0 Å². The molecule has 63 heavy (non-hydrogen) atoms. The minimum absolute atomic E-state index is 0.0712. The molecule has 3 N–H and O–H groups in total. The van der Waals surface area contributed by atoms with Crippen LogP contribution in [0.3, 0.4) is 0 Å². The molecule has 0 rings (SSSR count). The van der Waals surface area contributed by atoms with Crippen molar-refractivity contribution in [3.63, 3.8) is 0 Å². The van der Waals surface area contributed by atoms with Crippen LogP contribution in [0, 0.1) is 0 Å². The fourth-order valence-corrected chi connectivity index (χ4v) is 8.44. The van der Waals surface area contributed by atoms with Crippen LogP contribution in [0.5, 0.6) is 0 Å². The van der Waals surface area contributed by atoms with Crippen LogP contribution in [0.1, 0.15) is 290 Å². The highest BCUT2D eigenvalue weighted by Gasteiger charge is 2.18. The number of amides is 1. The molecule has 1 amide bonds. The van der Waals surface area contributed by atoms with E-state index in [1.165, 1.54) is 225 Å². The van der Waals surface area contributed by atoms with Crippen molar-refractivity contribution in [2.24, 2.45) is 0 Å². The van der Waals surface area contributed by atoms with E-state index in [1.807, 2.05) is 6.08 Å². The van der Waals surface area contributed by atoms with Crippen molar-refractivity contribution in [1.29, 1.82) is 0 Å². The lowest BCUT2D eigenvalue weighted by Crippen LogP contribution is -2.45. The first-order valence-corrected chi connectivity index (χ1v) is 28.0. The number of allylic oxidation sites excluding steroid dienone is 9. The van der Waals surface area contributed by atoms with Gasteiger partial charge in [-0.25, -0.2) is 0 Å². The molecular weight excluding hydrogens is 771 g/mol. The highest BCUT2D eigenvalue weighted by molar-refractivity contribution is 5.76. The van der Waals surface area contributed by atoms with E-state index in [0.717, 1.165) is 44.9 Å². The predicted molar refractivity (Wildman–Crippen MR) is 281 cm³/mol. The average molecular weight is 881 g/mol. The van der Waals surface area contributed by atoms with E-state index >= 15 is 0 Å². The molecule has 0 aliphatic heterocycles. The van der Waals surface area contributed by atoms with Crippen molar-refractivity contribution in [2.45, 2.75) is 302 Å². The number of carbonyl (C=O) groups excluding carboxylic acids is 1. The Morgan fingerprint density at radius 1 is 0.381 bits per heavy atom. The predicted octanol–water partition coefficient (Wildman–Crippen LogP) is 18.4. The van der Waals surface area contributed by atoms with E-state index in [4.69, 9.17) is 0 Å². The summed E-state index contributed by atoms with van der Waals surface area (Å²) in [5.41, 5.74) is 0. The lowest BCUT2D eigenvalue weighted by Gasteiger charge is -2.19. The van der Waals surface area contributed by atoms with Gasteiger partial charge in [-0.05, 0) is 70.6 Å². The average Bonchev–Trinajstić information content (AvgIpc) is 3.29. The van der Waals surface area contributed by atoms with Crippen molar-refractivity contribution >= 4 is 5.91 Å². The lowest BCUT2D eigenvalue weighted by atomic mass is 10.0. The zero-order valence-corrected chi connectivity index (χ0v) is 42.3. The van der Waals surface area contributed by atoms with Crippen molar-refractivity contribution in [3.05, 3.63) is 60.8 Å². The molecule has 0 heterocycles. The maximum absolute atomic E-state index is 12.4. The molecular formula is C59H109NO3. The summed E-state index contributed by atoms with van der Waals surface area (Å²) in [6.45, 7) is 4.30. The number of aliphatic hydroxyl groups is 2. The standard InChI is InChI=1S/C59H109NO3/c1-3-5-7-9-11-13-15-17-19-21-22-23-24-25-26-27-28-29-30-31-32-33-34-35-36-37-38-39-41-43-45-47-49-51-53-55-59(63)60-57(56-61)58(62)54-52-50-48-46-44-42-40-20-18-16-14-12-10-8-6-4-2/h15,17,21-22,24-25,44,46,52,54,57-58,61-62H,3-14,16,18-20,23,26-43,45,47-51,53,55-56H2,1-2H3,(H,60,63)/b17-15-,22-21-,25-24-,46-44+,54-52+. The summed E-state index contributed by atoms with van der Waals surface area (Å²) < 4.78 is 0. The Bertz CT molecular complexity index is 1040. The molecule has 0 aliphatic carbocycles. The van der Waals surface area contributed by atoms with E-state index < -0.39 is 12.1 Å². The number of hydrogen-bond acceptors (Lipinski definition) is 3. The Labute approximate surface area is 394 Å². The third-order valence-corrected chi connectivity index (χ3v) is 12.7. The number of aliphatic hydroxyl groups excluding tert-OH is 2. The largest absolute Gasteiger partial charge is 0.394 e. The van der Waals surface area contributed by atoms with Gasteiger partial charge in [0.15, 0.2) is 0 Å². The lowest BCUT2D eigenvalue weighted by molar-refractivity contribution is -0.123. The number of carbonyl (C=O) groups is 1. The van der Waals surface area contributed by atoms with Gasteiger partial charge in [-0.3, -0.25) is 4.79 Å². The quantitative estimate of drug-likeness (QED) is 0.0421. The Kier molecular flexibility index (Phi) is 52.8. The third-order valence-electron chi connectivity index (χ3n) is 12.7. The zero-order valence-electron chi connectivity index (χ0n) is 42.3. The van der Waals surface area contributed by atoms with Gasteiger partial charge in [0.05, 0.1) is 18.8 Å². The van der Waals surface area contributed by atoms with Crippen molar-refractivity contribution in [1.82, 2.24) is 5.32 Å². The monoisotopic (exact) mass is 880 g/mol. The van der Waals surface area contributed by atoms with Crippen LogP contribution in [-0.2, 0) is 4.79 Å². The molecule has 368 valence electrons. The SMILES string of the molecule is CCCCCCC/C=C\C/C=C\C/C=C\CCCCCCCCCCCCCCCCCCCCCCC(=O)NC(CO)C(O)/C=C/CC/C=C/CCCCCCCCCCCC. The number of rotatable bonds is 51. The van der Waals surface area contributed by atoms with E-state index in [9.17, 15) is 15.0 Å². The van der Waals surface area contributed by atoms with Crippen LogP contribution >= 0.6 is 0 Å². The topological polar surface area (TPSA) is 69.6 Å². The summed E-state index contributed by atoms with van der Waals surface area (Å²) in [6.07, 6.45) is 76.7. The Morgan fingerprint density at radius 3 is 1.03 bits per heavy atom. The van der Waals surface area contributed by atoms with Gasteiger partial charge < -0.3 is 15.5 Å². The summed E-state index contributed by atoms with van der Waals surface area (Å²) in [7, 11) is 0. The minimum Gasteiger partial charge on any atom is -0.394 e. The first kappa shape index (κ1) is 61.1. The first-order chi connectivity index (χ1) is 31.2. The highest BCUT2D eigenvalue weighted by Crippen LogP contribution is 2.16. The Morgan fingerprint density at radius 2 is 0.667 bits per heavy atom. The van der Waals surface area contributed by atoms with E-state index in [-0.39, 0.29) is 12.5 Å². The smallest absolute Gasteiger partial charge is 0.220 e. The second-order valence-electron chi connectivity index (χ2n) is 19.0. The molecule has 4 nitrogen and oxygen atoms in total. The second-order valence-corrected chi connectivity index (χ2v) is 19.0. The third kappa shape index (κ3) is 50.9. The van der Waals surface area contributed by atoms with Crippen molar-refractivity contribution in [3.8, 4) is 0 Å². The fourth-order valence-electron chi connectivity index (χ4n) is 8.44. The highest BCUT2D eigenvalue weighted by atomic mass is 16.3. The molecule has 0 aromatic carbocycles. The molecule has 0 aromatic rings. The van der Waals surface area contributed by atoms with Gasteiger partial charge >= 0.3 is 0 Å². The van der Waals surface area contributed by atoms with Gasteiger partial charge in [-0.15, -0.1) is 0 Å². The van der Waals surface area contributed by atoms with Gasteiger partial charge in [-0.1, -0.05) is 274 Å². The summed E-state index contributed by atoms with van der Waals surface area (Å²) in [4.78, 5) is 12.4. The number of nitrogens with one attached hydrogen (secondary N) is 1. The normalized spacial score (nSPS) is 13.3. The summed E-state index contributed by atoms with van der Waals surface area (Å²) in [5, 5.41) is 23.1. The molecule has 0 spiro atoms. The molecule has 0 aromatic heterocycles. The van der Waals surface area contributed by atoms with E-state index in [2.05, 4.69) is 67.8 Å². The fraction of sp³-hybridized carbons (Fsp3) is 0.814. The molecule has 0 saturated heterocycles. The number of unbranched alkanes of at least 4 members (excludes halogenated alkanes) is 36. The maximum atomic E-state index is 12.4.